The minimum Gasteiger partial charge on any atom is -0.493 e. The molecule has 1 unspecified atom stereocenters. The number of nitrogens with one attached hydrogen (secondary N) is 2. The molecule has 4 aromatic rings. The Morgan fingerprint density at radius 3 is 2.51 bits per heavy atom. The second-order valence-corrected chi connectivity index (χ2v) is 8.53. The van der Waals surface area contributed by atoms with E-state index in [2.05, 4.69) is 20.7 Å². The largest absolute Gasteiger partial charge is 0.493 e. The van der Waals surface area contributed by atoms with Crippen LogP contribution in [-0.4, -0.2) is 40.8 Å². The predicted molar refractivity (Wildman–Crippen MR) is 135 cm³/mol. The summed E-state index contributed by atoms with van der Waals surface area (Å²) in [6.07, 6.45) is 3.48. The first kappa shape index (κ1) is 24.0. The molecule has 2 N–H and O–H groups in total. The zero-order chi connectivity index (χ0) is 24.8. The summed E-state index contributed by atoms with van der Waals surface area (Å²) in [5, 5.41) is 12.5. The summed E-state index contributed by atoms with van der Waals surface area (Å²) >= 11 is 1.45. The fraction of sp³-hybridized carbons (Fsp3) is 0.200. The van der Waals surface area contributed by atoms with Crippen LogP contribution in [0.2, 0.25) is 0 Å². The third-order valence-corrected chi connectivity index (χ3v) is 6.18. The van der Waals surface area contributed by atoms with Gasteiger partial charge in [0, 0.05) is 34.7 Å². The third-order valence-electron chi connectivity index (χ3n) is 5.24. The van der Waals surface area contributed by atoms with E-state index in [1.54, 1.807) is 68.6 Å². The van der Waals surface area contributed by atoms with E-state index in [1.165, 1.54) is 11.3 Å². The molecule has 35 heavy (non-hydrogen) atoms. The third kappa shape index (κ3) is 5.85. The highest BCUT2D eigenvalue weighted by Crippen LogP contribution is 2.33. The number of benzene rings is 2. The van der Waals surface area contributed by atoms with Crippen molar-refractivity contribution in [2.75, 3.05) is 24.9 Å². The standard InChI is InChI=1S/C25H25N5O4S/c1-16(30-11-5-10-26-30)24(32)28-19-7-4-6-18(13-19)27-23(31)14-20-15-35-25(29-20)17-8-9-21(33-2)22(12-17)34-3/h4-13,15-16H,14H2,1-3H3,(H,27,31)(H,28,32). The van der Waals surface area contributed by atoms with Crippen molar-refractivity contribution in [1.29, 1.82) is 0 Å². The lowest BCUT2D eigenvalue weighted by Gasteiger charge is -2.13. The molecule has 1 atom stereocenters. The topological polar surface area (TPSA) is 107 Å². The van der Waals surface area contributed by atoms with E-state index >= 15 is 0 Å². The zero-order valence-corrected chi connectivity index (χ0v) is 20.3. The number of aromatic nitrogens is 3. The van der Waals surface area contributed by atoms with E-state index in [0.717, 1.165) is 10.6 Å². The molecule has 2 aromatic carbocycles. The van der Waals surface area contributed by atoms with Crippen molar-refractivity contribution in [2.45, 2.75) is 19.4 Å². The van der Waals surface area contributed by atoms with Crippen LogP contribution in [0.15, 0.2) is 66.3 Å². The van der Waals surface area contributed by atoms with E-state index in [0.29, 0.717) is 28.6 Å². The smallest absolute Gasteiger partial charge is 0.248 e. The van der Waals surface area contributed by atoms with Gasteiger partial charge in [0.15, 0.2) is 11.5 Å². The maximum Gasteiger partial charge on any atom is 0.248 e. The number of methoxy groups -OCH3 is 2. The average molecular weight is 492 g/mol. The molecular weight excluding hydrogens is 466 g/mol. The summed E-state index contributed by atoms with van der Waals surface area (Å²) in [6, 6.07) is 13.9. The highest BCUT2D eigenvalue weighted by Gasteiger charge is 2.16. The van der Waals surface area contributed by atoms with Crippen LogP contribution in [0, 0.1) is 0 Å². The quantitative estimate of drug-likeness (QED) is 0.359. The van der Waals surface area contributed by atoms with Gasteiger partial charge < -0.3 is 20.1 Å². The molecule has 9 nitrogen and oxygen atoms in total. The number of anilines is 2. The molecule has 2 aromatic heterocycles. The lowest BCUT2D eigenvalue weighted by atomic mass is 10.2. The molecule has 0 saturated heterocycles. The number of carbonyl (C=O) groups excluding carboxylic acids is 2. The Balaban J connectivity index is 1.37. The first-order chi connectivity index (χ1) is 17.0. The fourth-order valence-electron chi connectivity index (χ4n) is 3.41. The second kappa shape index (κ2) is 10.8. The maximum atomic E-state index is 12.6. The van der Waals surface area contributed by atoms with Crippen molar-refractivity contribution in [3.8, 4) is 22.1 Å². The predicted octanol–water partition coefficient (Wildman–Crippen LogP) is 4.40. The summed E-state index contributed by atoms with van der Waals surface area (Å²) < 4.78 is 12.2. The van der Waals surface area contributed by atoms with Gasteiger partial charge in [0.25, 0.3) is 0 Å². The molecule has 2 heterocycles. The lowest BCUT2D eigenvalue weighted by Crippen LogP contribution is -2.24. The highest BCUT2D eigenvalue weighted by molar-refractivity contribution is 7.13. The second-order valence-electron chi connectivity index (χ2n) is 7.67. The van der Waals surface area contributed by atoms with E-state index in [-0.39, 0.29) is 18.2 Å². The Hall–Kier alpha value is -4.18. The first-order valence-electron chi connectivity index (χ1n) is 10.8. The number of carbonyl (C=O) groups is 2. The number of amides is 2. The summed E-state index contributed by atoms with van der Waals surface area (Å²) in [4.78, 5) is 29.7. The normalized spacial score (nSPS) is 11.5. The number of hydrogen-bond acceptors (Lipinski definition) is 7. The van der Waals surface area contributed by atoms with Crippen LogP contribution in [0.3, 0.4) is 0 Å². The Morgan fingerprint density at radius 2 is 1.80 bits per heavy atom. The molecule has 0 fully saturated rings. The average Bonchev–Trinajstić information content (AvgIpc) is 3.56. The Morgan fingerprint density at radius 1 is 1.03 bits per heavy atom. The van der Waals surface area contributed by atoms with Crippen molar-refractivity contribution in [3.05, 3.63) is 72.0 Å². The van der Waals surface area contributed by atoms with Gasteiger partial charge in [-0.25, -0.2) is 4.98 Å². The molecule has 0 spiro atoms. The molecule has 180 valence electrons. The molecule has 2 amide bonds. The number of ether oxygens (including phenoxy) is 2. The molecule has 0 aliphatic heterocycles. The molecule has 10 heteroatoms. The van der Waals surface area contributed by atoms with Crippen LogP contribution in [0.25, 0.3) is 10.6 Å². The zero-order valence-electron chi connectivity index (χ0n) is 19.5. The molecule has 4 rings (SSSR count). The Bertz CT molecular complexity index is 1320. The van der Waals surface area contributed by atoms with Crippen molar-refractivity contribution in [1.82, 2.24) is 14.8 Å². The number of thiazole rings is 1. The minimum atomic E-state index is -0.465. The van der Waals surface area contributed by atoms with Crippen molar-refractivity contribution in [3.63, 3.8) is 0 Å². The maximum absolute atomic E-state index is 12.6. The summed E-state index contributed by atoms with van der Waals surface area (Å²) in [5.74, 6) is 0.844. The molecule has 0 aliphatic rings. The van der Waals surface area contributed by atoms with E-state index < -0.39 is 6.04 Å². The molecule has 0 bridgehead atoms. The first-order valence-corrected chi connectivity index (χ1v) is 11.7. The van der Waals surface area contributed by atoms with Gasteiger partial charge in [-0.3, -0.25) is 14.3 Å². The SMILES string of the molecule is COc1ccc(-c2nc(CC(=O)Nc3cccc(NC(=O)C(C)n4cccn4)c3)cs2)cc1OC. The van der Waals surface area contributed by atoms with Gasteiger partial charge in [0.05, 0.1) is 26.3 Å². The molecule has 0 radical (unpaired) electrons. The van der Waals surface area contributed by atoms with E-state index in [4.69, 9.17) is 9.47 Å². The van der Waals surface area contributed by atoms with Crippen molar-refractivity contribution in [2.24, 2.45) is 0 Å². The monoisotopic (exact) mass is 491 g/mol. The van der Waals surface area contributed by atoms with Gasteiger partial charge in [-0.1, -0.05) is 6.07 Å². The van der Waals surface area contributed by atoms with Gasteiger partial charge in [-0.15, -0.1) is 11.3 Å². The van der Waals surface area contributed by atoms with Gasteiger partial charge in [-0.05, 0) is 49.4 Å². The Kier molecular flexibility index (Phi) is 7.41. The molecule has 0 aliphatic carbocycles. The number of nitrogens with zero attached hydrogens (tertiary/aromatic N) is 3. The molecule has 0 saturated carbocycles. The van der Waals surface area contributed by atoms with Crippen LogP contribution in [-0.2, 0) is 16.0 Å². The van der Waals surface area contributed by atoms with Crippen LogP contribution < -0.4 is 20.1 Å². The highest BCUT2D eigenvalue weighted by atomic mass is 32.1. The van der Waals surface area contributed by atoms with Gasteiger partial charge in [-0.2, -0.15) is 5.10 Å². The van der Waals surface area contributed by atoms with Gasteiger partial charge in [0.2, 0.25) is 11.8 Å². The summed E-state index contributed by atoms with van der Waals surface area (Å²) in [5.41, 5.74) is 2.70. The van der Waals surface area contributed by atoms with Crippen molar-refractivity contribution >= 4 is 34.5 Å². The summed E-state index contributed by atoms with van der Waals surface area (Å²) in [7, 11) is 3.17. The molecular formula is C25H25N5O4S. The number of hydrogen-bond donors (Lipinski definition) is 2. The van der Waals surface area contributed by atoms with Crippen LogP contribution in [0.5, 0.6) is 11.5 Å². The van der Waals surface area contributed by atoms with Crippen LogP contribution in [0.1, 0.15) is 18.7 Å². The lowest BCUT2D eigenvalue weighted by molar-refractivity contribution is -0.119. The van der Waals surface area contributed by atoms with Crippen LogP contribution >= 0.6 is 11.3 Å². The minimum absolute atomic E-state index is 0.122. The van der Waals surface area contributed by atoms with Gasteiger partial charge in [0.1, 0.15) is 11.0 Å². The summed E-state index contributed by atoms with van der Waals surface area (Å²) in [6.45, 7) is 1.76. The Labute approximate surface area is 206 Å². The fourth-order valence-corrected chi connectivity index (χ4v) is 4.23. The van der Waals surface area contributed by atoms with Gasteiger partial charge >= 0.3 is 0 Å². The number of rotatable bonds is 9. The van der Waals surface area contributed by atoms with Crippen LogP contribution in [0.4, 0.5) is 11.4 Å². The van der Waals surface area contributed by atoms with Crippen molar-refractivity contribution < 1.29 is 19.1 Å². The van der Waals surface area contributed by atoms with E-state index in [1.807, 2.05) is 23.6 Å². The van der Waals surface area contributed by atoms with E-state index in [9.17, 15) is 9.59 Å².